The number of rotatable bonds is 7. The van der Waals surface area contributed by atoms with Crippen molar-refractivity contribution in [2.75, 3.05) is 0 Å². The summed E-state index contributed by atoms with van der Waals surface area (Å²) in [4.78, 5) is 12.1. The molecule has 1 aromatic rings. The van der Waals surface area contributed by atoms with Crippen molar-refractivity contribution in [3.05, 3.63) is 34.9 Å². The molecule has 0 saturated heterocycles. The third kappa shape index (κ3) is 4.91. The lowest BCUT2D eigenvalue weighted by molar-refractivity contribution is 0.0957. The Hall–Kier alpha value is -0.820. The smallest absolute Gasteiger partial charge is 0.163 e. The zero-order chi connectivity index (χ0) is 12.7. The summed E-state index contributed by atoms with van der Waals surface area (Å²) in [6.45, 7) is 4.34. The topological polar surface area (TPSA) is 17.1 Å². The molecule has 1 rings (SSSR count). The summed E-state index contributed by atoms with van der Waals surface area (Å²) in [6, 6.07) is 7.24. The van der Waals surface area contributed by atoms with E-state index in [2.05, 4.69) is 13.8 Å². The molecule has 0 bridgehead atoms. The van der Waals surface area contributed by atoms with Crippen LogP contribution in [0.3, 0.4) is 0 Å². The Morgan fingerprint density at radius 2 is 2.12 bits per heavy atom. The standard InChI is InChI=1S/C15H21ClO/c1-3-5-7-12(4-2)10-15(17)13-8-6-9-14(16)11-13/h6,8-9,11-12H,3-5,7,10H2,1-2H3. The highest BCUT2D eigenvalue weighted by Gasteiger charge is 2.13. The van der Waals surface area contributed by atoms with Crippen LogP contribution in [0, 0.1) is 5.92 Å². The first kappa shape index (κ1) is 14.2. The fourth-order valence-electron chi connectivity index (χ4n) is 1.99. The van der Waals surface area contributed by atoms with Crippen LogP contribution in [0.1, 0.15) is 56.3 Å². The molecule has 1 unspecified atom stereocenters. The number of hydrogen-bond acceptors (Lipinski definition) is 1. The summed E-state index contributed by atoms with van der Waals surface area (Å²) >= 11 is 5.89. The van der Waals surface area contributed by atoms with E-state index in [0.29, 0.717) is 17.4 Å². The summed E-state index contributed by atoms with van der Waals surface area (Å²) in [5.74, 6) is 0.733. The Balaban J connectivity index is 2.58. The molecule has 0 radical (unpaired) electrons. The van der Waals surface area contributed by atoms with E-state index in [-0.39, 0.29) is 5.78 Å². The molecule has 0 heterocycles. The van der Waals surface area contributed by atoms with E-state index in [9.17, 15) is 4.79 Å². The molecular formula is C15H21ClO. The zero-order valence-corrected chi connectivity index (χ0v) is 11.5. The van der Waals surface area contributed by atoms with Crippen LogP contribution in [-0.4, -0.2) is 5.78 Å². The highest BCUT2D eigenvalue weighted by Crippen LogP contribution is 2.20. The molecule has 0 saturated carbocycles. The fourth-order valence-corrected chi connectivity index (χ4v) is 2.18. The molecule has 0 aliphatic rings. The Bertz CT molecular complexity index is 360. The average Bonchev–Trinajstić information content (AvgIpc) is 2.34. The molecule has 0 aliphatic carbocycles. The Kier molecular flexibility index (Phi) is 6.28. The highest BCUT2D eigenvalue weighted by molar-refractivity contribution is 6.31. The van der Waals surface area contributed by atoms with Gasteiger partial charge in [0, 0.05) is 17.0 Å². The Morgan fingerprint density at radius 1 is 1.35 bits per heavy atom. The van der Waals surface area contributed by atoms with Gasteiger partial charge in [0.1, 0.15) is 0 Å². The second-order valence-electron chi connectivity index (χ2n) is 4.55. The number of ketones is 1. The number of hydrogen-bond donors (Lipinski definition) is 0. The van der Waals surface area contributed by atoms with Crippen molar-refractivity contribution in [3.8, 4) is 0 Å². The molecular weight excluding hydrogens is 232 g/mol. The number of carbonyl (C=O) groups is 1. The minimum atomic E-state index is 0.218. The molecule has 0 amide bonds. The van der Waals surface area contributed by atoms with E-state index in [1.54, 1.807) is 12.1 Å². The zero-order valence-electron chi connectivity index (χ0n) is 10.7. The number of halogens is 1. The van der Waals surface area contributed by atoms with Crippen molar-refractivity contribution in [3.63, 3.8) is 0 Å². The lowest BCUT2D eigenvalue weighted by atomic mass is 9.91. The number of unbranched alkanes of at least 4 members (excludes halogenated alkanes) is 1. The van der Waals surface area contributed by atoms with Gasteiger partial charge in [-0.25, -0.2) is 0 Å². The number of carbonyl (C=O) groups excluding carboxylic acids is 1. The van der Waals surface area contributed by atoms with Gasteiger partial charge in [-0.3, -0.25) is 4.79 Å². The molecule has 1 nitrogen and oxygen atoms in total. The largest absolute Gasteiger partial charge is 0.294 e. The minimum absolute atomic E-state index is 0.218. The van der Waals surface area contributed by atoms with Gasteiger partial charge in [-0.15, -0.1) is 0 Å². The molecule has 0 N–H and O–H groups in total. The first-order valence-corrected chi connectivity index (χ1v) is 6.83. The second-order valence-corrected chi connectivity index (χ2v) is 4.99. The van der Waals surface area contributed by atoms with Gasteiger partial charge in [-0.2, -0.15) is 0 Å². The molecule has 94 valence electrons. The predicted octanol–water partition coefficient (Wildman–Crippen LogP) is 5.13. The quantitative estimate of drug-likeness (QED) is 0.615. The normalized spacial score (nSPS) is 12.4. The second kappa shape index (κ2) is 7.50. The lowest BCUT2D eigenvalue weighted by Crippen LogP contribution is -2.08. The lowest BCUT2D eigenvalue weighted by Gasteiger charge is -2.13. The van der Waals surface area contributed by atoms with Crippen LogP contribution in [0.25, 0.3) is 0 Å². The van der Waals surface area contributed by atoms with Crippen LogP contribution in [0.4, 0.5) is 0 Å². The van der Waals surface area contributed by atoms with Crippen molar-refractivity contribution in [1.82, 2.24) is 0 Å². The monoisotopic (exact) mass is 252 g/mol. The van der Waals surface area contributed by atoms with Gasteiger partial charge in [0.25, 0.3) is 0 Å². The summed E-state index contributed by atoms with van der Waals surface area (Å²) in [5, 5.41) is 0.637. The van der Waals surface area contributed by atoms with E-state index in [1.165, 1.54) is 12.8 Å². The summed E-state index contributed by atoms with van der Waals surface area (Å²) in [7, 11) is 0. The summed E-state index contributed by atoms with van der Waals surface area (Å²) < 4.78 is 0. The van der Waals surface area contributed by atoms with Gasteiger partial charge < -0.3 is 0 Å². The van der Waals surface area contributed by atoms with Crippen LogP contribution in [0.2, 0.25) is 5.02 Å². The van der Waals surface area contributed by atoms with Gasteiger partial charge in [-0.1, -0.05) is 63.3 Å². The van der Waals surface area contributed by atoms with Crippen molar-refractivity contribution >= 4 is 17.4 Å². The molecule has 0 aliphatic heterocycles. The van der Waals surface area contributed by atoms with Crippen LogP contribution in [-0.2, 0) is 0 Å². The van der Waals surface area contributed by atoms with Crippen molar-refractivity contribution in [1.29, 1.82) is 0 Å². The van der Waals surface area contributed by atoms with Gasteiger partial charge in [-0.05, 0) is 18.1 Å². The third-order valence-electron chi connectivity index (χ3n) is 3.16. The first-order valence-electron chi connectivity index (χ1n) is 6.46. The summed E-state index contributed by atoms with van der Waals surface area (Å²) in [5.41, 5.74) is 0.743. The fraction of sp³-hybridized carbons (Fsp3) is 0.533. The SMILES string of the molecule is CCCCC(CC)CC(=O)c1cccc(Cl)c1. The van der Waals surface area contributed by atoms with E-state index in [4.69, 9.17) is 11.6 Å². The first-order chi connectivity index (χ1) is 8.17. The molecule has 1 atom stereocenters. The van der Waals surface area contributed by atoms with Gasteiger partial charge >= 0.3 is 0 Å². The average molecular weight is 253 g/mol. The van der Waals surface area contributed by atoms with Crippen LogP contribution in [0.5, 0.6) is 0 Å². The highest BCUT2D eigenvalue weighted by atomic mass is 35.5. The maximum Gasteiger partial charge on any atom is 0.163 e. The van der Waals surface area contributed by atoms with Crippen molar-refractivity contribution in [2.24, 2.45) is 5.92 Å². The third-order valence-corrected chi connectivity index (χ3v) is 3.40. The Morgan fingerprint density at radius 3 is 2.71 bits per heavy atom. The maximum absolute atomic E-state index is 12.1. The van der Waals surface area contributed by atoms with E-state index in [0.717, 1.165) is 18.4 Å². The summed E-state index contributed by atoms with van der Waals surface area (Å²) in [6.07, 6.45) is 5.28. The molecule has 0 fully saturated rings. The van der Waals surface area contributed by atoms with Gasteiger partial charge in [0.05, 0.1) is 0 Å². The predicted molar refractivity (Wildman–Crippen MR) is 73.7 cm³/mol. The number of Topliss-reactive ketones (excluding diaryl/α,β-unsaturated/α-hetero) is 1. The van der Waals surface area contributed by atoms with Crippen molar-refractivity contribution in [2.45, 2.75) is 46.0 Å². The van der Waals surface area contributed by atoms with E-state index in [1.807, 2.05) is 12.1 Å². The maximum atomic E-state index is 12.1. The molecule has 0 spiro atoms. The Labute approximate surface area is 109 Å². The van der Waals surface area contributed by atoms with Gasteiger partial charge in [0.2, 0.25) is 0 Å². The van der Waals surface area contributed by atoms with Crippen LogP contribution in [0.15, 0.2) is 24.3 Å². The molecule has 17 heavy (non-hydrogen) atoms. The number of benzene rings is 1. The van der Waals surface area contributed by atoms with Crippen LogP contribution < -0.4 is 0 Å². The molecule has 2 heteroatoms. The van der Waals surface area contributed by atoms with E-state index < -0.39 is 0 Å². The molecule has 0 aromatic heterocycles. The minimum Gasteiger partial charge on any atom is -0.294 e. The van der Waals surface area contributed by atoms with Gasteiger partial charge in [0.15, 0.2) is 5.78 Å². The van der Waals surface area contributed by atoms with Crippen molar-refractivity contribution < 1.29 is 4.79 Å². The van der Waals surface area contributed by atoms with E-state index >= 15 is 0 Å². The van der Waals surface area contributed by atoms with Crippen LogP contribution >= 0.6 is 11.6 Å². The molecule has 1 aromatic carbocycles.